The minimum absolute atomic E-state index is 0.250. The predicted octanol–water partition coefficient (Wildman–Crippen LogP) is 13.5. The number of unbranched alkanes of at least 4 members (excludes halogenated alkanes) is 28. The summed E-state index contributed by atoms with van der Waals surface area (Å²) in [7, 11) is 0. The molecule has 0 aliphatic rings. The highest BCUT2D eigenvalue weighted by Gasteiger charge is 2.02. The van der Waals surface area contributed by atoms with Crippen molar-refractivity contribution in [2.24, 2.45) is 5.92 Å². The fraction of sp³-hybridized carbons (Fsp3) is 0.921. The number of carbonyl (C=O) groups is 1. The topological polar surface area (TPSA) is 26.3 Å². The first-order valence-corrected chi connectivity index (χ1v) is 18.4. The molecular weight excluding hydrogens is 488 g/mol. The molecule has 0 atom stereocenters. The van der Waals surface area contributed by atoms with Gasteiger partial charge in [-0.25, -0.2) is 4.79 Å². The molecule has 0 spiro atoms. The molecule has 0 aromatic rings. The molecule has 0 aromatic carbocycles. The monoisotopic (exact) mass is 563 g/mol. The summed E-state index contributed by atoms with van der Waals surface area (Å²) in [6.45, 7) is 10.5. The second kappa shape index (κ2) is 32.7. The van der Waals surface area contributed by atoms with E-state index in [-0.39, 0.29) is 5.97 Å². The van der Waals surface area contributed by atoms with Gasteiger partial charge in [-0.15, -0.1) is 0 Å². The molecule has 0 amide bonds. The van der Waals surface area contributed by atoms with Gasteiger partial charge in [0.15, 0.2) is 0 Å². The maximum Gasteiger partial charge on any atom is 0.333 e. The van der Waals surface area contributed by atoms with Crippen molar-refractivity contribution < 1.29 is 9.53 Å². The Labute approximate surface area is 253 Å². The average Bonchev–Trinajstić information content (AvgIpc) is 2.93. The van der Waals surface area contributed by atoms with Crippen LogP contribution in [-0.4, -0.2) is 12.6 Å². The lowest BCUT2D eigenvalue weighted by Crippen LogP contribution is -2.05. The number of hydrogen-bond donors (Lipinski definition) is 0. The minimum Gasteiger partial charge on any atom is -0.462 e. The van der Waals surface area contributed by atoms with Crippen LogP contribution in [0.4, 0.5) is 0 Å². The zero-order valence-corrected chi connectivity index (χ0v) is 28.0. The van der Waals surface area contributed by atoms with Crippen molar-refractivity contribution in [2.45, 2.75) is 213 Å². The van der Waals surface area contributed by atoms with E-state index in [1.807, 2.05) is 0 Å². The smallest absolute Gasteiger partial charge is 0.333 e. The van der Waals surface area contributed by atoms with Gasteiger partial charge < -0.3 is 4.74 Å². The Hall–Kier alpha value is -0.790. The summed E-state index contributed by atoms with van der Waals surface area (Å²) in [5, 5.41) is 0. The SMILES string of the molecule is C=C(C)C(=O)OCCCCCCCCCCCCCCCCCCCCCCCCCCCCCCCC(C)C. The van der Waals surface area contributed by atoms with E-state index in [4.69, 9.17) is 4.74 Å². The summed E-state index contributed by atoms with van der Waals surface area (Å²) >= 11 is 0. The lowest BCUT2D eigenvalue weighted by Gasteiger charge is -2.05. The highest BCUT2D eigenvalue weighted by molar-refractivity contribution is 5.86. The highest BCUT2D eigenvalue weighted by atomic mass is 16.5. The van der Waals surface area contributed by atoms with E-state index in [1.165, 1.54) is 186 Å². The van der Waals surface area contributed by atoms with E-state index in [9.17, 15) is 4.79 Å². The molecule has 0 aromatic heterocycles. The molecule has 0 saturated heterocycles. The Bertz CT molecular complexity index is 524. The second-order valence-corrected chi connectivity index (χ2v) is 13.4. The summed E-state index contributed by atoms with van der Waals surface area (Å²) in [6.07, 6.45) is 42.6. The van der Waals surface area contributed by atoms with Gasteiger partial charge in [0.25, 0.3) is 0 Å². The molecule has 0 unspecified atom stereocenters. The second-order valence-electron chi connectivity index (χ2n) is 13.4. The molecule has 0 aliphatic heterocycles. The van der Waals surface area contributed by atoms with Gasteiger partial charge in [-0.2, -0.15) is 0 Å². The molecule has 2 heteroatoms. The summed E-state index contributed by atoms with van der Waals surface area (Å²) in [5.74, 6) is 0.639. The van der Waals surface area contributed by atoms with Crippen LogP contribution in [0.15, 0.2) is 12.2 Å². The molecule has 2 nitrogen and oxygen atoms in total. The largest absolute Gasteiger partial charge is 0.462 e. The van der Waals surface area contributed by atoms with Crippen molar-refractivity contribution in [3.63, 3.8) is 0 Å². The third-order valence-corrected chi connectivity index (χ3v) is 8.51. The van der Waals surface area contributed by atoms with E-state index in [1.54, 1.807) is 6.92 Å². The molecule has 0 aliphatic carbocycles. The molecule has 0 saturated carbocycles. The van der Waals surface area contributed by atoms with Gasteiger partial charge in [-0.05, 0) is 19.3 Å². The van der Waals surface area contributed by atoms with Crippen LogP contribution in [0, 0.1) is 5.92 Å². The predicted molar refractivity (Wildman–Crippen MR) is 179 cm³/mol. The summed E-state index contributed by atoms with van der Waals surface area (Å²) in [4.78, 5) is 11.3. The van der Waals surface area contributed by atoms with Crippen molar-refractivity contribution in [1.29, 1.82) is 0 Å². The van der Waals surface area contributed by atoms with Crippen LogP contribution in [0.2, 0.25) is 0 Å². The van der Waals surface area contributed by atoms with Crippen LogP contribution in [0.1, 0.15) is 213 Å². The van der Waals surface area contributed by atoms with E-state index in [0.717, 1.165) is 12.3 Å². The van der Waals surface area contributed by atoms with Crippen LogP contribution in [0.5, 0.6) is 0 Å². The normalized spacial score (nSPS) is 11.4. The van der Waals surface area contributed by atoms with E-state index in [2.05, 4.69) is 20.4 Å². The summed E-state index contributed by atoms with van der Waals surface area (Å²) in [6, 6.07) is 0. The van der Waals surface area contributed by atoms with Gasteiger partial charge in [-0.3, -0.25) is 0 Å². The zero-order valence-electron chi connectivity index (χ0n) is 28.0. The lowest BCUT2D eigenvalue weighted by molar-refractivity contribution is -0.139. The van der Waals surface area contributed by atoms with Gasteiger partial charge in [-0.1, -0.05) is 207 Å². The first-order chi connectivity index (χ1) is 19.5. The fourth-order valence-corrected chi connectivity index (χ4v) is 5.72. The van der Waals surface area contributed by atoms with E-state index >= 15 is 0 Å². The Morgan fingerprint density at radius 3 is 0.900 bits per heavy atom. The van der Waals surface area contributed by atoms with Gasteiger partial charge in [0, 0.05) is 5.57 Å². The van der Waals surface area contributed by atoms with E-state index < -0.39 is 0 Å². The molecule has 238 valence electrons. The minimum atomic E-state index is -0.250. The standard InChI is InChI=1S/C38H74O2/c1-36(2)34-32-30-28-26-24-22-20-18-16-14-12-10-8-6-5-7-9-11-13-15-17-19-21-23-25-27-29-31-33-35-40-38(39)37(3)4/h36H,3,5-35H2,1-2,4H3. The van der Waals surface area contributed by atoms with Gasteiger partial charge >= 0.3 is 5.97 Å². The van der Waals surface area contributed by atoms with Crippen LogP contribution in [-0.2, 0) is 9.53 Å². The van der Waals surface area contributed by atoms with Crippen molar-refractivity contribution in [3.05, 3.63) is 12.2 Å². The number of carbonyl (C=O) groups excluding carboxylic acids is 1. The fourth-order valence-electron chi connectivity index (χ4n) is 5.72. The number of esters is 1. The maximum atomic E-state index is 11.3. The van der Waals surface area contributed by atoms with Gasteiger partial charge in [0.1, 0.15) is 0 Å². The summed E-state index contributed by atoms with van der Waals surface area (Å²) < 4.78 is 5.13. The zero-order chi connectivity index (χ0) is 29.4. The molecule has 0 N–H and O–H groups in total. The molecule has 0 bridgehead atoms. The Kier molecular flexibility index (Phi) is 32.1. The van der Waals surface area contributed by atoms with Crippen molar-refractivity contribution >= 4 is 5.97 Å². The summed E-state index contributed by atoms with van der Waals surface area (Å²) in [5.41, 5.74) is 0.496. The number of hydrogen-bond acceptors (Lipinski definition) is 2. The molecule has 0 rings (SSSR count). The molecule has 0 radical (unpaired) electrons. The molecular formula is C38H74O2. The third-order valence-electron chi connectivity index (χ3n) is 8.51. The Morgan fingerprint density at radius 1 is 0.450 bits per heavy atom. The first kappa shape index (κ1) is 39.2. The van der Waals surface area contributed by atoms with Crippen molar-refractivity contribution in [3.8, 4) is 0 Å². The van der Waals surface area contributed by atoms with Crippen LogP contribution in [0.25, 0.3) is 0 Å². The van der Waals surface area contributed by atoms with Crippen LogP contribution in [0.3, 0.4) is 0 Å². The third kappa shape index (κ3) is 33.4. The Balaban J connectivity index is 3.07. The number of ether oxygens (including phenoxy) is 1. The van der Waals surface area contributed by atoms with Gasteiger partial charge in [0.05, 0.1) is 6.61 Å². The highest BCUT2D eigenvalue weighted by Crippen LogP contribution is 2.17. The average molecular weight is 563 g/mol. The molecule has 0 heterocycles. The lowest BCUT2D eigenvalue weighted by atomic mass is 10.0. The first-order valence-electron chi connectivity index (χ1n) is 18.4. The Morgan fingerprint density at radius 2 is 0.675 bits per heavy atom. The molecule has 0 fully saturated rings. The van der Waals surface area contributed by atoms with E-state index in [0.29, 0.717) is 12.2 Å². The van der Waals surface area contributed by atoms with Crippen molar-refractivity contribution in [2.75, 3.05) is 6.61 Å². The van der Waals surface area contributed by atoms with Crippen molar-refractivity contribution in [1.82, 2.24) is 0 Å². The quantitative estimate of drug-likeness (QED) is 0.0451. The maximum absolute atomic E-state index is 11.3. The number of rotatable bonds is 33. The molecule has 40 heavy (non-hydrogen) atoms. The van der Waals surface area contributed by atoms with Gasteiger partial charge in [0.2, 0.25) is 0 Å². The van der Waals surface area contributed by atoms with Crippen LogP contribution >= 0.6 is 0 Å². The van der Waals surface area contributed by atoms with Crippen LogP contribution < -0.4 is 0 Å².